The predicted octanol–water partition coefficient (Wildman–Crippen LogP) is 0.189. The average Bonchev–Trinajstić information content (AvgIpc) is 0.811. The van der Waals surface area contributed by atoms with Crippen molar-refractivity contribution < 1.29 is 32.1 Å². The fraction of sp³-hybridized carbons (Fsp3) is 0. The molecule has 0 heterocycles. The van der Waals surface area contributed by atoms with Gasteiger partial charge in [-0.2, -0.15) is 0 Å². The molecular weight excluding hydrogens is 290 g/mol. The van der Waals surface area contributed by atoms with Gasteiger partial charge in [-0.15, -0.1) is 24.0 Å². The van der Waals surface area contributed by atoms with Gasteiger partial charge in [-0.3, -0.25) is 0 Å². The molecule has 0 aliphatic rings. The first-order valence-electron chi connectivity index (χ1n) is 0.651. The van der Waals surface area contributed by atoms with Crippen LogP contribution < -0.4 is 0 Å². The maximum atomic E-state index is 8.56. The maximum absolute atomic E-state index is 8.56. The van der Waals surface area contributed by atoms with Crippen molar-refractivity contribution in [1.82, 2.24) is 0 Å². The van der Waals surface area contributed by atoms with Crippen LogP contribution in [0.1, 0.15) is 0 Å². The molecule has 0 unspecified atom stereocenters. The SMILES string of the molecule is I.O=C(O)O.[Cu].[KH]. The van der Waals surface area contributed by atoms with Crippen molar-refractivity contribution in [2.75, 3.05) is 0 Å². The summed E-state index contributed by atoms with van der Waals surface area (Å²) in [5.41, 5.74) is 0. The zero-order valence-corrected chi connectivity index (χ0v) is 5.78. The Morgan fingerprint density at radius 3 is 1.29 bits per heavy atom. The monoisotopic (exact) mass is 293 g/mol. The van der Waals surface area contributed by atoms with Crippen molar-refractivity contribution in [3.63, 3.8) is 0 Å². The molecule has 0 rings (SSSR count). The van der Waals surface area contributed by atoms with Crippen LogP contribution >= 0.6 is 24.0 Å². The van der Waals surface area contributed by atoms with Gasteiger partial charge in [-0.1, -0.05) is 0 Å². The molecule has 0 aliphatic carbocycles. The number of carbonyl (C=O) groups is 1. The van der Waals surface area contributed by atoms with E-state index in [2.05, 4.69) is 0 Å². The molecule has 0 atom stereocenters. The van der Waals surface area contributed by atoms with Crippen LogP contribution in [0, 0.1) is 0 Å². The molecule has 3 nitrogen and oxygen atoms in total. The van der Waals surface area contributed by atoms with Gasteiger partial charge in [-0.25, -0.2) is 4.79 Å². The first-order chi connectivity index (χ1) is 1.73. The second-order valence-electron chi connectivity index (χ2n) is 0.283. The summed E-state index contributed by atoms with van der Waals surface area (Å²) in [5, 5.41) is 13.9. The molecule has 2 N–H and O–H groups in total. The van der Waals surface area contributed by atoms with Crippen LogP contribution in [0.2, 0.25) is 0 Å². The molecule has 0 saturated heterocycles. The van der Waals surface area contributed by atoms with E-state index in [0.717, 1.165) is 0 Å². The molecule has 0 aliphatic heterocycles. The van der Waals surface area contributed by atoms with E-state index in [9.17, 15) is 0 Å². The minimum atomic E-state index is -1.83. The van der Waals surface area contributed by atoms with E-state index in [1.54, 1.807) is 0 Å². The van der Waals surface area contributed by atoms with Crippen molar-refractivity contribution in [2.45, 2.75) is 0 Å². The Hall–Kier alpha value is 2.16. The third-order valence-corrected chi connectivity index (χ3v) is 0. The van der Waals surface area contributed by atoms with Crippen molar-refractivity contribution in [3.05, 3.63) is 0 Å². The van der Waals surface area contributed by atoms with Gasteiger partial charge in [0, 0.05) is 17.1 Å². The second kappa shape index (κ2) is 15.7. The summed E-state index contributed by atoms with van der Waals surface area (Å²) >= 11 is 0. The van der Waals surface area contributed by atoms with Crippen molar-refractivity contribution in [3.8, 4) is 0 Å². The molecule has 0 aromatic carbocycles. The Balaban J connectivity index is -0.0000000150. The topological polar surface area (TPSA) is 57.5 Å². The van der Waals surface area contributed by atoms with Crippen LogP contribution in [-0.2, 0) is 17.1 Å². The number of hydrogen-bond donors (Lipinski definition) is 2. The molecule has 1 radical (unpaired) electrons. The summed E-state index contributed by atoms with van der Waals surface area (Å²) in [5.74, 6) is 0. The quantitative estimate of drug-likeness (QED) is 0.495. The number of carboxylic acid groups (broad SMARTS) is 2. The van der Waals surface area contributed by atoms with Gasteiger partial charge in [0.25, 0.3) is 0 Å². The molecular formula is CH4CuIKO3. The van der Waals surface area contributed by atoms with E-state index in [1.807, 2.05) is 0 Å². The van der Waals surface area contributed by atoms with Gasteiger partial charge >= 0.3 is 57.5 Å². The average molecular weight is 294 g/mol. The van der Waals surface area contributed by atoms with Crippen LogP contribution in [0.15, 0.2) is 0 Å². The van der Waals surface area contributed by atoms with E-state index in [-0.39, 0.29) is 92.4 Å². The van der Waals surface area contributed by atoms with Gasteiger partial charge in [0.2, 0.25) is 0 Å². The van der Waals surface area contributed by atoms with E-state index in [1.165, 1.54) is 0 Å². The Kier molecular flexibility index (Phi) is 51.4. The normalized spacial score (nSPS) is 3.43. The zero-order valence-electron chi connectivity index (χ0n) is 2.51. The Bertz CT molecular complexity index is 37.9. The van der Waals surface area contributed by atoms with Crippen LogP contribution in [0.4, 0.5) is 4.79 Å². The molecule has 0 bridgehead atoms. The zero-order chi connectivity index (χ0) is 3.58. The van der Waals surface area contributed by atoms with E-state index in [4.69, 9.17) is 15.0 Å². The molecule has 0 aromatic rings. The van der Waals surface area contributed by atoms with E-state index in [0.29, 0.717) is 0 Å². The summed E-state index contributed by atoms with van der Waals surface area (Å²) in [7, 11) is 0. The molecule has 0 amide bonds. The van der Waals surface area contributed by atoms with Crippen LogP contribution in [0.3, 0.4) is 0 Å². The van der Waals surface area contributed by atoms with Crippen molar-refractivity contribution >= 4 is 81.5 Å². The standard InChI is InChI=1S/CH2O3.Cu.HI.K.H/c2-1(3)4;;;;/h(H2,2,3,4);;1H;;. The van der Waals surface area contributed by atoms with Gasteiger partial charge < -0.3 is 10.2 Å². The molecule has 6 heteroatoms. The molecule has 0 saturated carbocycles. The number of halogens is 1. The van der Waals surface area contributed by atoms with Gasteiger partial charge in [0.15, 0.2) is 0 Å². The summed E-state index contributed by atoms with van der Waals surface area (Å²) in [6.45, 7) is 0. The van der Waals surface area contributed by atoms with E-state index >= 15 is 0 Å². The summed E-state index contributed by atoms with van der Waals surface area (Å²) in [6, 6.07) is 0. The summed E-state index contributed by atoms with van der Waals surface area (Å²) < 4.78 is 0. The fourth-order valence-corrected chi connectivity index (χ4v) is 0. The first kappa shape index (κ1) is 22.9. The number of rotatable bonds is 0. The first-order valence-corrected chi connectivity index (χ1v) is 0.651. The molecule has 0 aromatic heterocycles. The van der Waals surface area contributed by atoms with Crippen LogP contribution in [-0.4, -0.2) is 67.8 Å². The third kappa shape index (κ3) is 66.5. The Labute approximate surface area is 111 Å². The van der Waals surface area contributed by atoms with Crippen LogP contribution in [0.25, 0.3) is 0 Å². The predicted molar refractivity (Wildman–Crippen MR) is 33.2 cm³/mol. The Morgan fingerprint density at radius 2 is 1.29 bits per heavy atom. The molecule has 0 spiro atoms. The molecule has 0 fully saturated rings. The fourth-order valence-electron chi connectivity index (χ4n) is 0. The van der Waals surface area contributed by atoms with E-state index < -0.39 is 6.16 Å². The Morgan fingerprint density at radius 1 is 1.29 bits per heavy atom. The van der Waals surface area contributed by atoms with Gasteiger partial charge in [-0.05, 0) is 0 Å². The second-order valence-corrected chi connectivity index (χ2v) is 0.283. The van der Waals surface area contributed by atoms with Crippen molar-refractivity contribution in [1.29, 1.82) is 0 Å². The van der Waals surface area contributed by atoms with Crippen LogP contribution in [0.5, 0.6) is 0 Å². The number of hydrogen-bond acceptors (Lipinski definition) is 1. The van der Waals surface area contributed by atoms with Crippen molar-refractivity contribution in [2.24, 2.45) is 0 Å². The summed E-state index contributed by atoms with van der Waals surface area (Å²) in [4.78, 5) is 8.56. The third-order valence-electron chi connectivity index (χ3n) is 0. The minimum absolute atomic E-state index is 0. The molecule has 45 valence electrons. The van der Waals surface area contributed by atoms with Gasteiger partial charge in [0.05, 0.1) is 0 Å². The summed E-state index contributed by atoms with van der Waals surface area (Å²) in [6.07, 6.45) is -1.83. The van der Waals surface area contributed by atoms with Gasteiger partial charge in [0.1, 0.15) is 0 Å². The molecule has 7 heavy (non-hydrogen) atoms.